The fourth-order valence-electron chi connectivity index (χ4n) is 3.62. The fraction of sp³-hybridized carbons (Fsp3) is 0.217. The minimum Gasteiger partial charge on any atom is -0.455 e. The fourth-order valence-corrected chi connectivity index (χ4v) is 3.84. The molecule has 0 saturated carbocycles. The highest BCUT2D eigenvalue weighted by molar-refractivity contribution is 6.30. The van der Waals surface area contributed by atoms with Crippen LogP contribution in [0.2, 0.25) is 5.02 Å². The quantitative estimate of drug-likeness (QED) is 0.581. The number of aryl methyl sites for hydroxylation is 2. The van der Waals surface area contributed by atoms with Crippen molar-refractivity contribution in [2.75, 3.05) is 5.32 Å². The molecule has 1 aromatic carbocycles. The molecule has 0 aliphatic heterocycles. The molecule has 8 heteroatoms. The van der Waals surface area contributed by atoms with Gasteiger partial charge in [0.15, 0.2) is 5.76 Å². The highest BCUT2D eigenvalue weighted by Crippen LogP contribution is 2.30. The van der Waals surface area contributed by atoms with Gasteiger partial charge in [0, 0.05) is 34.5 Å². The van der Waals surface area contributed by atoms with E-state index in [9.17, 15) is 9.59 Å². The Labute approximate surface area is 184 Å². The molecule has 31 heavy (non-hydrogen) atoms. The molecule has 2 aromatic heterocycles. The van der Waals surface area contributed by atoms with Gasteiger partial charge in [-0.25, -0.2) is 5.43 Å². The van der Waals surface area contributed by atoms with E-state index in [2.05, 4.69) is 20.8 Å². The van der Waals surface area contributed by atoms with Crippen LogP contribution in [-0.4, -0.2) is 22.5 Å². The lowest BCUT2D eigenvalue weighted by Gasteiger charge is -2.13. The van der Waals surface area contributed by atoms with Gasteiger partial charge in [-0.15, -0.1) is 0 Å². The van der Waals surface area contributed by atoms with Gasteiger partial charge in [0.25, 0.3) is 11.8 Å². The van der Waals surface area contributed by atoms with Crippen molar-refractivity contribution in [3.63, 3.8) is 0 Å². The summed E-state index contributed by atoms with van der Waals surface area (Å²) in [5.74, 6) is 0.212. The maximum absolute atomic E-state index is 12.9. The maximum Gasteiger partial charge on any atom is 0.291 e. The number of hydrazone groups is 1. The number of fused-ring (bicyclic) bond motifs is 1. The molecule has 158 valence electrons. The summed E-state index contributed by atoms with van der Waals surface area (Å²) in [5.41, 5.74) is 6.53. The second-order valence-corrected chi connectivity index (χ2v) is 7.77. The molecule has 0 saturated heterocycles. The Morgan fingerprint density at radius 1 is 1.13 bits per heavy atom. The molecule has 2 N–H and O–H groups in total. The summed E-state index contributed by atoms with van der Waals surface area (Å²) in [5, 5.41) is 7.80. The summed E-state index contributed by atoms with van der Waals surface area (Å²) in [4.78, 5) is 29.2. The standard InChI is InChI=1S/C23H21ClN4O3/c1-13-12-15(24)9-10-16(13)26-23(30)21-14(2)20-17(7-5-8-19(20)31-21)27-28-22(29)18-6-3-4-11-25-18/h3-4,6,9-12H,5,7-8H2,1-2H3,(H,26,30)(H,28,29)/b27-17+. The number of hydrogen-bond donors (Lipinski definition) is 2. The van der Waals surface area contributed by atoms with Crippen molar-refractivity contribution in [1.82, 2.24) is 10.4 Å². The minimum atomic E-state index is -0.391. The molecule has 7 nitrogen and oxygen atoms in total. The molecule has 0 bridgehead atoms. The normalized spacial score (nSPS) is 14.2. The molecule has 2 amide bonds. The number of nitrogens with one attached hydrogen (secondary N) is 2. The Hall–Kier alpha value is -3.45. The molecule has 0 radical (unpaired) electrons. The van der Waals surface area contributed by atoms with Crippen LogP contribution < -0.4 is 10.7 Å². The lowest BCUT2D eigenvalue weighted by molar-refractivity contribution is 0.0948. The Kier molecular flexibility index (Phi) is 5.86. The number of hydrogen-bond acceptors (Lipinski definition) is 5. The number of carbonyl (C=O) groups is 2. The average molecular weight is 437 g/mol. The zero-order valence-corrected chi connectivity index (χ0v) is 17.9. The second-order valence-electron chi connectivity index (χ2n) is 7.34. The van der Waals surface area contributed by atoms with Crippen molar-refractivity contribution in [3.05, 3.63) is 81.5 Å². The third-order valence-electron chi connectivity index (χ3n) is 5.16. The van der Waals surface area contributed by atoms with Crippen LogP contribution in [0.5, 0.6) is 0 Å². The number of halogens is 1. The van der Waals surface area contributed by atoms with Gasteiger partial charge in [-0.1, -0.05) is 17.7 Å². The third kappa shape index (κ3) is 4.36. The molecule has 0 atom stereocenters. The van der Waals surface area contributed by atoms with Gasteiger partial charge < -0.3 is 9.73 Å². The van der Waals surface area contributed by atoms with E-state index in [-0.39, 0.29) is 17.4 Å². The predicted molar refractivity (Wildman–Crippen MR) is 119 cm³/mol. The molecule has 0 spiro atoms. The van der Waals surface area contributed by atoms with Crippen LogP contribution in [0.4, 0.5) is 5.69 Å². The summed E-state index contributed by atoms with van der Waals surface area (Å²) in [6.07, 6.45) is 3.74. The Balaban J connectivity index is 1.58. The highest BCUT2D eigenvalue weighted by atomic mass is 35.5. The monoisotopic (exact) mass is 436 g/mol. The first-order valence-corrected chi connectivity index (χ1v) is 10.3. The number of pyridine rings is 1. The van der Waals surface area contributed by atoms with Crippen LogP contribution in [0.3, 0.4) is 0 Å². The summed E-state index contributed by atoms with van der Waals surface area (Å²) in [6, 6.07) is 10.4. The van der Waals surface area contributed by atoms with E-state index in [4.69, 9.17) is 16.0 Å². The van der Waals surface area contributed by atoms with Gasteiger partial charge in [0.1, 0.15) is 11.5 Å². The van der Waals surface area contributed by atoms with Crippen molar-refractivity contribution in [3.8, 4) is 0 Å². The first kappa shape index (κ1) is 20.8. The number of benzene rings is 1. The SMILES string of the molecule is Cc1cc(Cl)ccc1NC(=O)c1oc2c(c1C)/C(=N/NC(=O)c1ccccn1)CCC2. The van der Waals surface area contributed by atoms with Crippen molar-refractivity contribution in [1.29, 1.82) is 0 Å². The Morgan fingerprint density at radius 2 is 1.97 bits per heavy atom. The molecule has 2 heterocycles. The van der Waals surface area contributed by atoms with E-state index in [1.54, 1.807) is 42.6 Å². The lowest BCUT2D eigenvalue weighted by Crippen LogP contribution is -2.22. The molecular formula is C23H21ClN4O3. The molecular weight excluding hydrogens is 416 g/mol. The van der Waals surface area contributed by atoms with Crippen molar-refractivity contribution >= 4 is 34.8 Å². The topological polar surface area (TPSA) is 96.6 Å². The highest BCUT2D eigenvalue weighted by Gasteiger charge is 2.28. The number of nitrogens with zero attached hydrogens (tertiary/aromatic N) is 2. The third-order valence-corrected chi connectivity index (χ3v) is 5.39. The number of aromatic nitrogens is 1. The van der Waals surface area contributed by atoms with E-state index in [1.165, 1.54) is 0 Å². The number of anilines is 1. The molecule has 3 aromatic rings. The van der Waals surface area contributed by atoms with Crippen molar-refractivity contribution in [2.24, 2.45) is 5.10 Å². The van der Waals surface area contributed by atoms with Gasteiger partial charge in [0.2, 0.25) is 0 Å². The van der Waals surface area contributed by atoms with Crippen molar-refractivity contribution in [2.45, 2.75) is 33.1 Å². The van der Waals surface area contributed by atoms with E-state index in [0.29, 0.717) is 40.6 Å². The minimum absolute atomic E-state index is 0.241. The van der Waals surface area contributed by atoms with Gasteiger partial charge in [-0.05, 0) is 62.6 Å². The first-order valence-electron chi connectivity index (χ1n) is 9.92. The van der Waals surface area contributed by atoms with Crippen LogP contribution in [0, 0.1) is 13.8 Å². The molecule has 1 aliphatic rings. The van der Waals surface area contributed by atoms with Gasteiger partial charge in [0.05, 0.1) is 5.71 Å². The lowest BCUT2D eigenvalue weighted by atomic mass is 9.93. The van der Waals surface area contributed by atoms with E-state index in [0.717, 1.165) is 17.5 Å². The molecule has 4 rings (SSSR count). The zero-order valence-electron chi connectivity index (χ0n) is 17.2. The smallest absolute Gasteiger partial charge is 0.291 e. The van der Waals surface area contributed by atoms with E-state index >= 15 is 0 Å². The Morgan fingerprint density at radius 3 is 2.71 bits per heavy atom. The molecule has 0 fully saturated rings. The summed E-state index contributed by atoms with van der Waals surface area (Å²) in [6.45, 7) is 3.70. The number of rotatable bonds is 4. The van der Waals surface area contributed by atoms with Gasteiger partial charge in [-0.2, -0.15) is 5.10 Å². The van der Waals surface area contributed by atoms with Crippen LogP contribution in [0.25, 0.3) is 0 Å². The largest absolute Gasteiger partial charge is 0.455 e. The number of amides is 2. The maximum atomic E-state index is 12.9. The van der Waals surface area contributed by atoms with Crippen molar-refractivity contribution < 1.29 is 14.0 Å². The predicted octanol–water partition coefficient (Wildman–Crippen LogP) is 4.67. The zero-order chi connectivity index (χ0) is 22.0. The van der Waals surface area contributed by atoms with Gasteiger partial charge in [-0.3, -0.25) is 14.6 Å². The molecule has 0 unspecified atom stereocenters. The Bertz CT molecular complexity index is 1190. The average Bonchev–Trinajstić information content (AvgIpc) is 3.12. The summed E-state index contributed by atoms with van der Waals surface area (Å²) in [7, 11) is 0. The van der Waals surface area contributed by atoms with Crippen LogP contribution in [0.1, 0.15) is 56.3 Å². The van der Waals surface area contributed by atoms with E-state index in [1.807, 2.05) is 13.8 Å². The van der Waals surface area contributed by atoms with Gasteiger partial charge >= 0.3 is 0 Å². The van der Waals surface area contributed by atoms with Crippen LogP contribution in [-0.2, 0) is 6.42 Å². The number of carbonyl (C=O) groups excluding carboxylic acids is 2. The first-order chi connectivity index (χ1) is 14.9. The van der Waals surface area contributed by atoms with Crippen LogP contribution >= 0.6 is 11.6 Å². The molecule has 1 aliphatic carbocycles. The summed E-state index contributed by atoms with van der Waals surface area (Å²) < 4.78 is 5.91. The summed E-state index contributed by atoms with van der Waals surface area (Å²) >= 11 is 5.99. The second kappa shape index (κ2) is 8.73. The van der Waals surface area contributed by atoms with Crippen LogP contribution in [0.15, 0.2) is 52.1 Å². The number of furan rings is 1. The van der Waals surface area contributed by atoms with E-state index < -0.39 is 5.91 Å².